The second-order valence-electron chi connectivity index (χ2n) is 11.4. The van der Waals surface area contributed by atoms with Crippen molar-refractivity contribution in [1.82, 2.24) is 0 Å². The van der Waals surface area contributed by atoms with Crippen LogP contribution in [0.3, 0.4) is 0 Å². The van der Waals surface area contributed by atoms with Crippen LogP contribution in [0.2, 0.25) is 0 Å². The zero-order chi connectivity index (χ0) is 33.3. The van der Waals surface area contributed by atoms with E-state index in [1.807, 2.05) is 0 Å². The van der Waals surface area contributed by atoms with Gasteiger partial charge in [-0.3, -0.25) is 0 Å². The van der Waals surface area contributed by atoms with E-state index in [-0.39, 0.29) is 21.9 Å². The van der Waals surface area contributed by atoms with Crippen molar-refractivity contribution in [2.24, 2.45) is 0 Å². The Labute approximate surface area is 280 Å². The largest absolute Gasteiger partial charge is 0.210 e. The smallest absolute Gasteiger partial charge is 0.122 e. The molecule has 0 fully saturated rings. The number of hydrogen-bond donors (Lipinski definition) is 0. The zero-order valence-corrected chi connectivity index (χ0v) is 27.0. The predicted octanol–water partition coefficient (Wildman–Crippen LogP) is 6.80. The van der Waals surface area contributed by atoms with E-state index in [9.17, 15) is 0 Å². The molecule has 0 bridgehead atoms. The van der Waals surface area contributed by atoms with Crippen LogP contribution in [0.5, 0.6) is 0 Å². The maximum Gasteiger partial charge on any atom is 0.122 e. The Morgan fingerprint density at radius 3 is 0.708 bits per heavy atom. The van der Waals surface area contributed by atoms with Gasteiger partial charge in [0.25, 0.3) is 0 Å². The fourth-order valence-corrected chi connectivity index (χ4v) is 9.20. The van der Waals surface area contributed by atoms with Crippen LogP contribution in [-0.2, 0) is 0 Å². The maximum absolute atomic E-state index is 15.2. The molecule has 48 heavy (non-hydrogen) atoms. The molecule has 6 heteroatoms. The second kappa shape index (κ2) is 15.1. The summed E-state index contributed by atoms with van der Waals surface area (Å²) in [5.74, 6) is -2.66. The van der Waals surface area contributed by atoms with Gasteiger partial charge < -0.3 is 0 Å². The highest BCUT2D eigenvalue weighted by Crippen LogP contribution is 2.32. The molecular formula is C42H32BF4P. The van der Waals surface area contributed by atoms with Gasteiger partial charge in [-0.25, -0.2) is 17.6 Å². The van der Waals surface area contributed by atoms with Crippen LogP contribution in [0.4, 0.5) is 17.6 Å². The van der Waals surface area contributed by atoms with Crippen molar-refractivity contribution in [2.75, 3.05) is 0 Å². The molecule has 0 N–H and O–H groups in total. The standard InChI is InChI=1S/C24H16BF4.C18H15P/c26-21-13-5-1-9-17(21)25(18-10-2-6-14-22(18)27,19-11-3-7-15-23(19)28)20-12-4-8-16-24(20)29;1-4-10-16(11-5-1)19(17-12-6-2-7-13-17)18-14-8-3-9-15-18/h1-16H;1-15H/q-1;/p+1. The van der Waals surface area contributed by atoms with Gasteiger partial charge in [0.2, 0.25) is 0 Å². The number of hydrogen-bond acceptors (Lipinski definition) is 0. The van der Waals surface area contributed by atoms with Crippen LogP contribution in [0, 0.1) is 23.3 Å². The Morgan fingerprint density at radius 1 is 0.271 bits per heavy atom. The first-order valence-corrected chi connectivity index (χ1v) is 17.2. The molecule has 0 saturated carbocycles. The first-order valence-electron chi connectivity index (χ1n) is 15.7. The number of benzene rings is 7. The Bertz CT molecular complexity index is 1810. The van der Waals surface area contributed by atoms with Crippen molar-refractivity contribution in [1.29, 1.82) is 0 Å². The van der Waals surface area contributed by atoms with Gasteiger partial charge in [-0.1, -0.05) is 127 Å². The van der Waals surface area contributed by atoms with Crippen molar-refractivity contribution in [3.05, 3.63) is 211 Å². The highest BCUT2D eigenvalue weighted by molar-refractivity contribution is 7.79. The molecule has 7 aromatic carbocycles. The fraction of sp³-hybridized carbons (Fsp3) is 0. The molecule has 0 spiro atoms. The monoisotopic (exact) mass is 654 g/mol. The predicted molar refractivity (Wildman–Crippen MR) is 196 cm³/mol. The van der Waals surface area contributed by atoms with Crippen LogP contribution >= 0.6 is 7.92 Å². The summed E-state index contributed by atoms with van der Waals surface area (Å²) in [4.78, 5) is 0. The van der Waals surface area contributed by atoms with Gasteiger partial charge in [0.05, 0.1) is 31.2 Å². The van der Waals surface area contributed by atoms with Crippen LogP contribution in [-0.4, -0.2) is 6.15 Å². The molecule has 0 aromatic heterocycles. The summed E-state index contributed by atoms with van der Waals surface area (Å²) >= 11 is 0. The van der Waals surface area contributed by atoms with E-state index >= 15 is 17.6 Å². The van der Waals surface area contributed by atoms with E-state index < -0.39 is 37.3 Å². The van der Waals surface area contributed by atoms with Crippen molar-refractivity contribution in [3.8, 4) is 0 Å². The van der Waals surface area contributed by atoms with Crippen LogP contribution in [0.1, 0.15) is 0 Å². The van der Waals surface area contributed by atoms with Gasteiger partial charge in [-0.15, -0.1) is 0 Å². The van der Waals surface area contributed by atoms with E-state index in [2.05, 4.69) is 91.0 Å². The Hall–Kier alpha value is -5.25. The Morgan fingerprint density at radius 2 is 0.479 bits per heavy atom. The van der Waals surface area contributed by atoms with Crippen molar-refractivity contribution < 1.29 is 17.6 Å². The minimum Gasteiger partial charge on any atom is -0.210 e. The molecule has 0 aliphatic carbocycles. The van der Waals surface area contributed by atoms with E-state index in [0.717, 1.165) is 0 Å². The molecule has 0 aliphatic heterocycles. The van der Waals surface area contributed by atoms with Gasteiger partial charge in [-0.2, -0.15) is 21.9 Å². The lowest BCUT2D eigenvalue weighted by Crippen LogP contribution is -2.77. The summed E-state index contributed by atoms with van der Waals surface area (Å²) in [5.41, 5.74) is 0.0844. The molecule has 0 nitrogen and oxygen atoms in total. The Balaban J connectivity index is 0.000000182. The minimum absolute atomic E-state index is 0.0211. The summed E-state index contributed by atoms with van der Waals surface area (Å²) in [6.45, 7) is 0. The lowest BCUT2D eigenvalue weighted by Gasteiger charge is -2.44. The van der Waals surface area contributed by atoms with Crippen LogP contribution < -0.4 is 37.8 Å². The highest BCUT2D eigenvalue weighted by Gasteiger charge is 2.38. The first-order chi connectivity index (χ1) is 23.5. The topological polar surface area (TPSA) is 0 Å². The molecule has 7 aromatic rings. The molecule has 0 saturated heterocycles. The molecule has 0 heterocycles. The average Bonchev–Trinajstić information content (AvgIpc) is 3.13. The van der Waals surface area contributed by atoms with E-state index in [1.165, 1.54) is 88.7 Å². The number of halogens is 4. The molecule has 0 radical (unpaired) electrons. The normalized spacial score (nSPS) is 11.1. The van der Waals surface area contributed by atoms with E-state index in [1.54, 1.807) is 24.3 Å². The lowest BCUT2D eigenvalue weighted by molar-refractivity contribution is 0.627. The fourth-order valence-electron chi connectivity index (χ4n) is 6.62. The third-order valence-electron chi connectivity index (χ3n) is 8.67. The van der Waals surface area contributed by atoms with Gasteiger partial charge in [0, 0.05) is 0 Å². The van der Waals surface area contributed by atoms with E-state index in [4.69, 9.17) is 0 Å². The Kier molecular flexibility index (Phi) is 10.3. The lowest BCUT2D eigenvalue weighted by atomic mass is 9.12. The third-order valence-corrected chi connectivity index (χ3v) is 11.4. The molecular weight excluding hydrogens is 622 g/mol. The van der Waals surface area contributed by atoms with E-state index in [0.29, 0.717) is 0 Å². The van der Waals surface area contributed by atoms with Crippen molar-refractivity contribution in [3.63, 3.8) is 0 Å². The maximum atomic E-state index is 15.2. The van der Waals surface area contributed by atoms with Crippen molar-refractivity contribution in [2.45, 2.75) is 0 Å². The van der Waals surface area contributed by atoms with Gasteiger partial charge in [-0.05, 0) is 60.7 Å². The van der Waals surface area contributed by atoms with Gasteiger partial charge >= 0.3 is 0 Å². The zero-order valence-electron chi connectivity index (χ0n) is 26.0. The molecule has 0 atom stereocenters. The molecule has 0 amide bonds. The summed E-state index contributed by atoms with van der Waals surface area (Å²) < 4.78 is 60.7. The third kappa shape index (κ3) is 6.60. The quantitative estimate of drug-likeness (QED) is 0.101. The molecule has 7 rings (SSSR count). The highest BCUT2D eigenvalue weighted by atomic mass is 31.1. The SMILES string of the molecule is Fc1ccccc1[B-](c1ccccc1F)(c1ccccc1F)c1ccccc1F.c1ccc([PH+](c2ccccc2)c2ccccc2)cc1. The molecule has 0 aliphatic rings. The van der Waals surface area contributed by atoms with Gasteiger partial charge in [0.1, 0.15) is 22.1 Å². The minimum atomic E-state index is -2.82. The first kappa shape index (κ1) is 32.7. The summed E-state index contributed by atoms with van der Waals surface area (Å²) in [7, 11) is -0.877. The summed E-state index contributed by atoms with van der Waals surface area (Å²) in [5, 5.41) is 4.31. The van der Waals surface area contributed by atoms with Crippen LogP contribution in [0.15, 0.2) is 188 Å². The van der Waals surface area contributed by atoms with Crippen LogP contribution in [0.25, 0.3) is 0 Å². The number of rotatable bonds is 7. The molecule has 0 unspecified atom stereocenters. The summed E-state index contributed by atoms with van der Waals surface area (Å²) in [6.07, 6.45) is -2.82. The van der Waals surface area contributed by atoms with Crippen molar-refractivity contribution >= 4 is 51.8 Å². The molecule has 236 valence electrons. The van der Waals surface area contributed by atoms with Gasteiger partial charge in [0.15, 0.2) is 0 Å². The second-order valence-corrected chi connectivity index (χ2v) is 13.9. The average molecular weight is 654 g/mol. The summed E-state index contributed by atoms with van der Waals surface area (Å²) in [6, 6.07) is 55.5.